The van der Waals surface area contributed by atoms with Gasteiger partial charge in [-0.3, -0.25) is 4.79 Å². The van der Waals surface area contributed by atoms with Crippen LogP contribution < -0.4 is 10.6 Å². The molecule has 1 aliphatic heterocycles. The number of rotatable bonds is 2. The Labute approximate surface area is 85.6 Å². The summed E-state index contributed by atoms with van der Waals surface area (Å²) in [6, 6.07) is 0.530. The SMILES string of the molecule is CC1CCCCC1NC(=O)C1CCN1. The van der Waals surface area contributed by atoms with Crippen LogP contribution in [0.15, 0.2) is 0 Å². The molecule has 3 unspecified atom stereocenters. The first-order chi connectivity index (χ1) is 6.77. The van der Waals surface area contributed by atoms with Crippen molar-refractivity contribution in [3.63, 3.8) is 0 Å². The third-order valence-corrected chi connectivity index (χ3v) is 3.58. The molecule has 0 spiro atoms. The molecule has 14 heavy (non-hydrogen) atoms. The Hall–Kier alpha value is -0.570. The zero-order valence-corrected chi connectivity index (χ0v) is 8.88. The van der Waals surface area contributed by atoms with Crippen molar-refractivity contribution in [3.8, 4) is 0 Å². The second-order valence-corrected chi connectivity index (χ2v) is 4.67. The molecule has 2 rings (SSSR count). The lowest BCUT2D eigenvalue weighted by atomic mass is 9.85. The van der Waals surface area contributed by atoms with Gasteiger partial charge < -0.3 is 10.6 Å². The van der Waals surface area contributed by atoms with Crippen LogP contribution in [0.1, 0.15) is 39.0 Å². The normalized spacial score (nSPS) is 37.4. The second-order valence-electron chi connectivity index (χ2n) is 4.67. The van der Waals surface area contributed by atoms with Gasteiger partial charge >= 0.3 is 0 Å². The van der Waals surface area contributed by atoms with Gasteiger partial charge in [-0.05, 0) is 31.7 Å². The fourth-order valence-corrected chi connectivity index (χ4v) is 2.33. The van der Waals surface area contributed by atoms with Crippen molar-refractivity contribution in [1.82, 2.24) is 10.6 Å². The fraction of sp³-hybridized carbons (Fsp3) is 0.909. The molecule has 0 bridgehead atoms. The highest BCUT2D eigenvalue weighted by Crippen LogP contribution is 2.23. The number of carbonyl (C=O) groups is 1. The Morgan fingerprint density at radius 2 is 2.00 bits per heavy atom. The minimum absolute atomic E-state index is 0.101. The minimum Gasteiger partial charge on any atom is -0.352 e. The van der Waals surface area contributed by atoms with E-state index in [1.54, 1.807) is 0 Å². The van der Waals surface area contributed by atoms with Crippen LogP contribution in [0.25, 0.3) is 0 Å². The van der Waals surface area contributed by atoms with E-state index in [2.05, 4.69) is 17.6 Å². The monoisotopic (exact) mass is 196 g/mol. The smallest absolute Gasteiger partial charge is 0.237 e. The number of nitrogens with one attached hydrogen (secondary N) is 2. The molecule has 80 valence electrons. The van der Waals surface area contributed by atoms with Crippen molar-refractivity contribution >= 4 is 5.91 Å². The van der Waals surface area contributed by atoms with Crippen LogP contribution in [-0.2, 0) is 4.79 Å². The van der Waals surface area contributed by atoms with E-state index in [9.17, 15) is 4.79 Å². The van der Waals surface area contributed by atoms with Gasteiger partial charge in [0.2, 0.25) is 5.91 Å². The van der Waals surface area contributed by atoms with E-state index in [1.165, 1.54) is 25.7 Å². The number of hydrogen-bond donors (Lipinski definition) is 2. The highest BCUT2D eigenvalue weighted by molar-refractivity contribution is 5.82. The fourth-order valence-electron chi connectivity index (χ4n) is 2.33. The number of hydrogen-bond acceptors (Lipinski definition) is 2. The molecule has 0 aromatic carbocycles. The predicted octanol–water partition coefficient (Wildman–Crippen LogP) is 1.04. The molecule has 2 aliphatic rings. The molecule has 1 heterocycles. The summed E-state index contributed by atoms with van der Waals surface area (Å²) >= 11 is 0. The highest BCUT2D eigenvalue weighted by Gasteiger charge is 2.29. The Kier molecular flexibility index (Phi) is 3.06. The van der Waals surface area contributed by atoms with E-state index in [4.69, 9.17) is 0 Å². The van der Waals surface area contributed by atoms with Crippen molar-refractivity contribution in [3.05, 3.63) is 0 Å². The zero-order valence-electron chi connectivity index (χ0n) is 8.88. The first-order valence-corrected chi connectivity index (χ1v) is 5.81. The topological polar surface area (TPSA) is 41.1 Å². The first-order valence-electron chi connectivity index (χ1n) is 5.81. The Morgan fingerprint density at radius 3 is 2.57 bits per heavy atom. The van der Waals surface area contributed by atoms with E-state index < -0.39 is 0 Å². The van der Waals surface area contributed by atoms with Crippen molar-refractivity contribution in [2.45, 2.75) is 51.1 Å². The number of amides is 1. The van der Waals surface area contributed by atoms with Gasteiger partial charge in [0, 0.05) is 6.04 Å². The molecule has 1 aliphatic carbocycles. The molecule has 3 nitrogen and oxygen atoms in total. The molecule has 3 atom stereocenters. The average Bonchev–Trinajstić information content (AvgIpc) is 2.05. The average molecular weight is 196 g/mol. The zero-order chi connectivity index (χ0) is 9.97. The quantitative estimate of drug-likeness (QED) is 0.693. The van der Waals surface area contributed by atoms with Crippen LogP contribution in [-0.4, -0.2) is 24.5 Å². The van der Waals surface area contributed by atoms with Gasteiger partial charge in [0.15, 0.2) is 0 Å². The maximum atomic E-state index is 11.7. The summed E-state index contributed by atoms with van der Waals surface area (Å²) in [4.78, 5) is 11.7. The lowest BCUT2D eigenvalue weighted by Gasteiger charge is -2.33. The van der Waals surface area contributed by atoms with Crippen LogP contribution in [0.2, 0.25) is 0 Å². The molecule has 3 heteroatoms. The van der Waals surface area contributed by atoms with Crippen molar-refractivity contribution in [1.29, 1.82) is 0 Å². The molecule has 2 fully saturated rings. The van der Waals surface area contributed by atoms with E-state index in [0.29, 0.717) is 12.0 Å². The Balaban J connectivity index is 1.79. The van der Waals surface area contributed by atoms with E-state index in [0.717, 1.165) is 13.0 Å². The standard InChI is InChI=1S/C11H20N2O/c1-8-4-2-3-5-9(8)13-11(14)10-6-7-12-10/h8-10,12H,2-7H2,1H3,(H,13,14). The highest BCUT2D eigenvalue weighted by atomic mass is 16.2. The lowest BCUT2D eigenvalue weighted by Crippen LogP contribution is -2.56. The van der Waals surface area contributed by atoms with Gasteiger partial charge in [0.25, 0.3) is 0 Å². The molecule has 1 saturated carbocycles. The Bertz CT molecular complexity index is 213. The summed E-state index contributed by atoms with van der Waals surface area (Å²) in [5.41, 5.74) is 0. The maximum absolute atomic E-state index is 11.7. The molecule has 2 N–H and O–H groups in total. The largest absolute Gasteiger partial charge is 0.352 e. The molecule has 1 saturated heterocycles. The predicted molar refractivity (Wildman–Crippen MR) is 56.0 cm³/mol. The third kappa shape index (κ3) is 2.08. The van der Waals surface area contributed by atoms with Crippen LogP contribution in [0.5, 0.6) is 0 Å². The van der Waals surface area contributed by atoms with Gasteiger partial charge in [0.1, 0.15) is 0 Å². The van der Waals surface area contributed by atoms with Crippen LogP contribution >= 0.6 is 0 Å². The minimum atomic E-state index is 0.101. The summed E-state index contributed by atoms with van der Waals surface area (Å²) in [6.07, 6.45) is 6.04. The lowest BCUT2D eigenvalue weighted by molar-refractivity contribution is -0.126. The summed E-state index contributed by atoms with van der Waals surface area (Å²) in [5, 5.41) is 6.31. The summed E-state index contributed by atoms with van der Waals surface area (Å²) in [5.74, 6) is 0.878. The summed E-state index contributed by atoms with van der Waals surface area (Å²) < 4.78 is 0. The van der Waals surface area contributed by atoms with Gasteiger partial charge in [-0.15, -0.1) is 0 Å². The van der Waals surface area contributed by atoms with Gasteiger partial charge in [-0.2, -0.15) is 0 Å². The van der Waals surface area contributed by atoms with Crippen LogP contribution in [0, 0.1) is 5.92 Å². The molecular formula is C11H20N2O. The first kappa shape index (κ1) is 9.97. The molecule has 0 radical (unpaired) electrons. The van der Waals surface area contributed by atoms with Gasteiger partial charge in [-0.1, -0.05) is 19.8 Å². The van der Waals surface area contributed by atoms with Crippen LogP contribution in [0.4, 0.5) is 0 Å². The van der Waals surface area contributed by atoms with E-state index >= 15 is 0 Å². The molecular weight excluding hydrogens is 176 g/mol. The molecule has 1 amide bonds. The summed E-state index contributed by atoms with van der Waals surface area (Å²) in [7, 11) is 0. The Morgan fingerprint density at radius 1 is 1.29 bits per heavy atom. The van der Waals surface area contributed by atoms with Crippen molar-refractivity contribution < 1.29 is 4.79 Å². The van der Waals surface area contributed by atoms with E-state index in [-0.39, 0.29) is 11.9 Å². The molecule has 0 aromatic rings. The van der Waals surface area contributed by atoms with Crippen molar-refractivity contribution in [2.75, 3.05) is 6.54 Å². The number of carbonyl (C=O) groups excluding carboxylic acids is 1. The summed E-state index contributed by atoms with van der Waals surface area (Å²) in [6.45, 7) is 3.25. The molecule has 0 aromatic heterocycles. The van der Waals surface area contributed by atoms with Crippen LogP contribution in [0.3, 0.4) is 0 Å². The van der Waals surface area contributed by atoms with Gasteiger partial charge in [0.05, 0.1) is 6.04 Å². The maximum Gasteiger partial charge on any atom is 0.237 e. The van der Waals surface area contributed by atoms with Crippen molar-refractivity contribution in [2.24, 2.45) is 5.92 Å². The van der Waals surface area contributed by atoms with E-state index in [1.807, 2.05) is 0 Å². The third-order valence-electron chi connectivity index (χ3n) is 3.58. The van der Waals surface area contributed by atoms with Gasteiger partial charge in [-0.25, -0.2) is 0 Å². The second kappa shape index (κ2) is 4.30.